The highest BCUT2D eigenvalue weighted by Crippen LogP contribution is 2.30. The minimum absolute atomic E-state index is 0.255. The van der Waals surface area contributed by atoms with E-state index in [4.69, 9.17) is 9.97 Å². The van der Waals surface area contributed by atoms with Crippen LogP contribution in [0.25, 0.3) is 27.9 Å². The second-order valence-electron chi connectivity index (χ2n) is 8.27. The van der Waals surface area contributed by atoms with Gasteiger partial charge in [0.1, 0.15) is 0 Å². The summed E-state index contributed by atoms with van der Waals surface area (Å²) in [6, 6.07) is 13.7. The average molecular weight is 455 g/mol. The molecule has 3 heterocycles. The van der Waals surface area contributed by atoms with E-state index in [1.54, 1.807) is 13.2 Å². The minimum Gasteiger partial charge on any atom is -0.361 e. The van der Waals surface area contributed by atoms with Gasteiger partial charge in [-0.1, -0.05) is 12.1 Å². The first-order valence-corrected chi connectivity index (χ1v) is 11.0. The number of hydrogen-bond acceptors (Lipinski definition) is 5. The van der Waals surface area contributed by atoms with Crippen molar-refractivity contribution in [1.82, 2.24) is 29.5 Å². The zero-order valence-electron chi connectivity index (χ0n) is 19.5. The fourth-order valence-corrected chi connectivity index (χ4v) is 3.98. The normalized spacial score (nSPS) is 11.2. The van der Waals surface area contributed by atoms with Crippen LogP contribution >= 0.6 is 0 Å². The summed E-state index contributed by atoms with van der Waals surface area (Å²) < 4.78 is 3.98. The van der Waals surface area contributed by atoms with E-state index in [-0.39, 0.29) is 6.03 Å². The SMILES string of the molecule is CNC(=O)Nc1ccc(-c2cnc3c(NCc4ccnn4C)nc4cc(C)c(C)cc4n23)cc1. The average Bonchev–Trinajstić information content (AvgIpc) is 3.46. The summed E-state index contributed by atoms with van der Waals surface area (Å²) in [5.41, 5.74) is 8.70. The lowest BCUT2D eigenvalue weighted by Crippen LogP contribution is -2.24. The standard InChI is InChI=1S/C25H26N8O/c1-15-11-20-21(12-16(15)2)33-22(17-5-7-18(8-6-17)30-25(34)26-3)14-28-24(33)23(31-20)27-13-19-9-10-29-32(19)4/h5-12,14H,13H2,1-4H3,(H,27,31)(H2,26,30,34). The van der Waals surface area contributed by atoms with E-state index in [1.165, 1.54) is 11.1 Å². The van der Waals surface area contributed by atoms with E-state index in [0.717, 1.165) is 33.6 Å². The molecule has 0 fully saturated rings. The van der Waals surface area contributed by atoms with Gasteiger partial charge in [0, 0.05) is 31.5 Å². The molecule has 0 unspecified atom stereocenters. The van der Waals surface area contributed by atoms with Gasteiger partial charge < -0.3 is 16.0 Å². The second kappa shape index (κ2) is 8.51. The predicted octanol–water partition coefficient (Wildman–Crippen LogP) is 4.26. The van der Waals surface area contributed by atoms with E-state index < -0.39 is 0 Å². The molecule has 0 aliphatic rings. The van der Waals surface area contributed by atoms with Crippen LogP contribution in [0, 0.1) is 13.8 Å². The quantitative estimate of drug-likeness (QED) is 0.368. The number of benzene rings is 2. The van der Waals surface area contributed by atoms with Crippen LogP contribution in [0.3, 0.4) is 0 Å². The number of hydrogen-bond donors (Lipinski definition) is 3. The third-order valence-corrected chi connectivity index (χ3v) is 6.06. The molecule has 0 saturated heterocycles. The smallest absolute Gasteiger partial charge is 0.318 e. The van der Waals surface area contributed by atoms with Crippen LogP contribution in [-0.2, 0) is 13.6 Å². The van der Waals surface area contributed by atoms with Crippen molar-refractivity contribution in [3.05, 3.63) is 71.7 Å². The molecule has 9 nitrogen and oxygen atoms in total. The maximum Gasteiger partial charge on any atom is 0.318 e. The van der Waals surface area contributed by atoms with Gasteiger partial charge in [-0.05, 0) is 55.3 Å². The van der Waals surface area contributed by atoms with E-state index in [1.807, 2.05) is 48.3 Å². The van der Waals surface area contributed by atoms with Crippen LogP contribution in [0.5, 0.6) is 0 Å². The number of nitrogens with zero attached hydrogens (tertiary/aromatic N) is 5. The summed E-state index contributed by atoms with van der Waals surface area (Å²) in [6.07, 6.45) is 3.64. The van der Waals surface area contributed by atoms with Gasteiger partial charge in [0.2, 0.25) is 0 Å². The molecule has 3 N–H and O–H groups in total. The molecule has 0 saturated carbocycles. The van der Waals surface area contributed by atoms with Crippen molar-refractivity contribution in [1.29, 1.82) is 0 Å². The van der Waals surface area contributed by atoms with Crippen LogP contribution in [0.15, 0.2) is 54.9 Å². The zero-order chi connectivity index (χ0) is 23.8. The molecule has 0 atom stereocenters. The molecule has 0 spiro atoms. The Labute approximate surface area is 196 Å². The van der Waals surface area contributed by atoms with Crippen molar-refractivity contribution in [2.24, 2.45) is 7.05 Å². The number of aromatic nitrogens is 5. The zero-order valence-corrected chi connectivity index (χ0v) is 19.5. The van der Waals surface area contributed by atoms with Gasteiger partial charge in [0.25, 0.3) is 0 Å². The molecule has 9 heteroatoms. The fraction of sp³-hybridized carbons (Fsp3) is 0.200. The maximum absolute atomic E-state index is 11.6. The highest BCUT2D eigenvalue weighted by molar-refractivity contribution is 5.90. The first-order chi connectivity index (χ1) is 16.4. The highest BCUT2D eigenvalue weighted by atomic mass is 16.2. The lowest BCUT2D eigenvalue weighted by molar-refractivity contribution is 0.254. The van der Waals surface area contributed by atoms with Crippen LogP contribution in [-0.4, -0.2) is 37.2 Å². The van der Waals surface area contributed by atoms with E-state index in [9.17, 15) is 4.79 Å². The number of aryl methyl sites for hydroxylation is 3. The lowest BCUT2D eigenvalue weighted by atomic mass is 10.1. The van der Waals surface area contributed by atoms with Crippen LogP contribution in [0.4, 0.5) is 16.3 Å². The van der Waals surface area contributed by atoms with Crippen molar-refractivity contribution in [2.75, 3.05) is 17.7 Å². The minimum atomic E-state index is -0.255. The Bertz CT molecular complexity index is 1510. The molecule has 0 bridgehead atoms. The Hall–Kier alpha value is -4.40. The monoisotopic (exact) mass is 454 g/mol. The number of rotatable bonds is 5. The fourth-order valence-electron chi connectivity index (χ4n) is 3.98. The molecular weight excluding hydrogens is 428 g/mol. The summed E-state index contributed by atoms with van der Waals surface area (Å²) in [4.78, 5) is 21.3. The third-order valence-electron chi connectivity index (χ3n) is 6.06. The highest BCUT2D eigenvalue weighted by Gasteiger charge is 2.16. The Morgan fingerprint density at radius 1 is 1.06 bits per heavy atom. The Kier molecular flexibility index (Phi) is 5.37. The largest absolute Gasteiger partial charge is 0.361 e. The molecule has 5 aromatic rings. The molecule has 3 aromatic heterocycles. The van der Waals surface area contributed by atoms with Gasteiger partial charge in [-0.3, -0.25) is 9.08 Å². The number of carbonyl (C=O) groups excluding carboxylic acids is 1. The number of fused-ring (bicyclic) bond motifs is 3. The summed E-state index contributed by atoms with van der Waals surface area (Å²) in [6.45, 7) is 4.78. The number of carbonyl (C=O) groups is 1. The topological polar surface area (TPSA) is 101 Å². The lowest BCUT2D eigenvalue weighted by Gasteiger charge is -2.13. The Balaban J connectivity index is 1.63. The first-order valence-electron chi connectivity index (χ1n) is 11.0. The van der Waals surface area contributed by atoms with Gasteiger partial charge in [0.05, 0.1) is 35.2 Å². The summed E-state index contributed by atoms with van der Waals surface area (Å²) in [5, 5.41) is 13.0. The number of anilines is 2. The summed E-state index contributed by atoms with van der Waals surface area (Å²) in [5.74, 6) is 0.709. The summed E-state index contributed by atoms with van der Waals surface area (Å²) >= 11 is 0. The van der Waals surface area contributed by atoms with Gasteiger partial charge in [-0.25, -0.2) is 14.8 Å². The molecule has 0 aliphatic carbocycles. The van der Waals surface area contributed by atoms with E-state index >= 15 is 0 Å². The van der Waals surface area contributed by atoms with Crippen LogP contribution in [0.2, 0.25) is 0 Å². The third kappa shape index (κ3) is 3.81. The molecule has 0 aliphatic heterocycles. The van der Waals surface area contributed by atoms with Gasteiger partial charge in [-0.15, -0.1) is 0 Å². The van der Waals surface area contributed by atoms with Gasteiger partial charge in [0.15, 0.2) is 11.5 Å². The summed E-state index contributed by atoms with van der Waals surface area (Å²) in [7, 11) is 3.51. The molecule has 172 valence electrons. The van der Waals surface area contributed by atoms with E-state index in [0.29, 0.717) is 18.1 Å². The second-order valence-corrected chi connectivity index (χ2v) is 8.27. The number of nitrogens with one attached hydrogen (secondary N) is 3. The molecule has 2 amide bonds. The van der Waals surface area contributed by atoms with Crippen molar-refractivity contribution in [3.8, 4) is 11.3 Å². The van der Waals surface area contributed by atoms with Gasteiger partial charge in [-0.2, -0.15) is 5.10 Å². The van der Waals surface area contributed by atoms with Gasteiger partial charge >= 0.3 is 6.03 Å². The number of amides is 2. The molecule has 2 aromatic carbocycles. The molecular formula is C25H26N8O. The van der Waals surface area contributed by atoms with Crippen LogP contribution in [0.1, 0.15) is 16.8 Å². The first kappa shape index (κ1) is 21.4. The van der Waals surface area contributed by atoms with Crippen molar-refractivity contribution < 1.29 is 4.79 Å². The number of imidazole rings is 1. The number of urea groups is 1. The predicted molar refractivity (Wildman–Crippen MR) is 134 cm³/mol. The van der Waals surface area contributed by atoms with E-state index in [2.05, 4.69) is 51.4 Å². The Morgan fingerprint density at radius 2 is 1.82 bits per heavy atom. The molecule has 34 heavy (non-hydrogen) atoms. The molecule has 5 rings (SSSR count). The van der Waals surface area contributed by atoms with Crippen molar-refractivity contribution in [3.63, 3.8) is 0 Å². The maximum atomic E-state index is 11.6. The molecule has 0 radical (unpaired) electrons. The van der Waals surface area contributed by atoms with Crippen molar-refractivity contribution >= 4 is 34.2 Å². The van der Waals surface area contributed by atoms with Crippen molar-refractivity contribution in [2.45, 2.75) is 20.4 Å². The Morgan fingerprint density at radius 3 is 2.53 bits per heavy atom. The van der Waals surface area contributed by atoms with Crippen LogP contribution < -0.4 is 16.0 Å².